The Kier molecular flexibility index (Phi) is 3.51. The lowest BCUT2D eigenvalue weighted by molar-refractivity contribution is 0.792. The number of hydrogen-bond donors (Lipinski definition) is 1. The monoisotopic (exact) mass is 347 g/mol. The van der Waals surface area contributed by atoms with Gasteiger partial charge >= 0.3 is 0 Å². The molecule has 0 unspecified atom stereocenters. The highest BCUT2D eigenvalue weighted by atomic mass is 15.5. The van der Waals surface area contributed by atoms with E-state index in [1.165, 1.54) is 9.31 Å². The van der Waals surface area contributed by atoms with Crippen molar-refractivity contribution in [3.63, 3.8) is 0 Å². The van der Waals surface area contributed by atoms with Crippen molar-refractivity contribution in [2.75, 3.05) is 0 Å². The minimum atomic E-state index is 0.256. The molecule has 0 aliphatic heterocycles. The number of azo groups is 1. The molecule has 0 saturated heterocycles. The Morgan fingerprint density at radius 3 is 2.54 bits per heavy atom. The van der Waals surface area contributed by atoms with Crippen LogP contribution in [0.4, 0.5) is 11.5 Å². The zero-order chi connectivity index (χ0) is 18.3. The van der Waals surface area contributed by atoms with Crippen LogP contribution in [0.1, 0.15) is 22.8 Å². The number of rotatable bonds is 3. The van der Waals surface area contributed by atoms with Crippen molar-refractivity contribution < 1.29 is 0 Å². The highest BCUT2D eigenvalue weighted by Gasteiger charge is 2.19. The minimum Gasteiger partial charge on any atom is -0.324 e. The fourth-order valence-corrected chi connectivity index (χ4v) is 2.52. The van der Waals surface area contributed by atoms with Crippen LogP contribution in [-0.2, 0) is 0 Å². The smallest absolute Gasteiger partial charge is 0.252 e. The largest absolute Gasteiger partial charge is 0.324 e. The Bertz CT molecular complexity index is 1170. The number of H-pyrrole nitrogens is 1. The SMILES string of the molecule is Cc1nn2nc(C)c(/N=N/c3c(C#N)c(C)nn3-c3ncccn3)c2[nH]1. The summed E-state index contributed by atoms with van der Waals surface area (Å²) < 4.78 is 2.86. The summed E-state index contributed by atoms with van der Waals surface area (Å²) in [4.78, 5) is 11.4. The third-order valence-electron chi connectivity index (χ3n) is 3.69. The first-order valence-corrected chi connectivity index (χ1v) is 7.69. The van der Waals surface area contributed by atoms with Gasteiger partial charge in [0, 0.05) is 12.4 Å². The summed E-state index contributed by atoms with van der Waals surface area (Å²) in [6.45, 7) is 5.35. The summed E-state index contributed by atoms with van der Waals surface area (Å²) >= 11 is 0. The third kappa shape index (κ3) is 2.40. The lowest BCUT2D eigenvalue weighted by atomic mass is 10.3. The van der Waals surface area contributed by atoms with Crippen molar-refractivity contribution in [3.05, 3.63) is 41.2 Å². The van der Waals surface area contributed by atoms with Gasteiger partial charge in [-0.05, 0) is 26.8 Å². The van der Waals surface area contributed by atoms with Crippen LogP contribution in [-0.4, -0.2) is 39.6 Å². The molecule has 4 rings (SSSR count). The van der Waals surface area contributed by atoms with E-state index in [1.807, 2.05) is 6.92 Å². The van der Waals surface area contributed by atoms with Crippen LogP contribution in [0.25, 0.3) is 11.6 Å². The lowest BCUT2D eigenvalue weighted by Gasteiger charge is -2.00. The number of fused-ring (bicyclic) bond motifs is 1. The number of nitrogens with zero attached hydrogens (tertiary/aromatic N) is 10. The molecule has 0 aromatic carbocycles. The predicted molar refractivity (Wildman–Crippen MR) is 89.6 cm³/mol. The molecule has 0 saturated carbocycles. The van der Waals surface area contributed by atoms with Crippen LogP contribution in [0.15, 0.2) is 28.7 Å². The molecule has 0 aliphatic rings. The second-order valence-corrected chi connectivity index (χ2v) is 5.54. The maximum absolute atomic E-state index is 9.47. The molecule has 0 amide bonds. The fourth-order valence-electron chi connectivity index (χ4n) is 2.52. The molecule has 26 heavy (non-hydrogen) atoms. The minimum absolute atomic E-state index is 0.256. The van der Waals surface area contributed by atoms with Gasteiger partial charge in [0.25, 0.3) is 5.95 Å². The standard InChI is InChI=1S/C15H13N11/c1-8-11(7-16)13(25(22-8)15-17-5-4-6-18-15)21-20-12-9(2)23-26-14(12)19-10(3)24-26/h4-6H,1-3H3,(H,19,24)/b21-20+. The highest BCUT2D eigenvalue weighted by molar-refractivity contribution is 5.66. The molecule has 4 heterocycles. The van der Waals surface area contributed by atoms with E-state index in [-0.39, 0.29) is 5.82 Å². The van der Waals surface area contributed by atoms with E-state index in [0.717, 1.165) is 0 Å². The molecule has 4 aromatic rings. The molecule has 0 bridgehead atoms. The molecule has 0 atom stereocenters. The van der Waals surface area contributed by atoms with Crippen LogP contribution in [0.2, 0.25) is 0 Å². The molecule has 11 heteroatoms. The van der Waals surface area contributed by atoms with Gasteiger partial charge in [-0.1, -0.05) is 0 Å². The quantitative estimate of drug-likeness (QED) is 0.564. The number of aromatic nitrogens is 8. The van der Waals surface area contributed by atoms with Gasteiger partial charge in [-0.2, -0.15) is 20.1 Å². The average molecular weight is 347 g/mol. The van der Waals surface area contributed by atoms with Gasteiger partial charge in [-0.25, -0.2) is 9.97 Å². The predicted octanol–water partition coefficient (Wildman–Crippen LogP) is 2.25. The maximum atomic E-state index is 9.47. The zero-order valence-corrected chi connectivity index (χ0v) is 14.2. The van der Waals surface area contributed by atoms with E-state index >= 15 is 0 Å². The topological polar surface area (TPSA) is 138 Å². The lowest BCUT2D eigenvalue weighted by Crippen LogP contribution is -2.01. The number of aromatic amines is 1. The van der Waals surface area contributed by atoms with Crippen LogP contribution < -0.4 is 0 Å². The van der Waals surface area contributed by atoms with Crippen molar-refractivity contribution in [2.24, 2.45) is 10.2 Å². The molecule has 0 aliphatic carbocycles. The first-order chi connectivity index (χ1) is 12.6. The fraction of sp³-hybridized carbons (Fsp3) is 0.200. The van der Waals surface area contributed by atoms with Gasteiger partial charge in [-0.3, -0.25) is 0 Å². The average Bonchev–Trinajstić information content (AvgIpc) is 3.23. The van der Waals surface area contributed by atoms with Gasteiger partial charge in [0.1, 0.15) is 17.5 Å². The number of nitrogens with one attached hydrogen (secondary N) is 1. The molecular weight excluding hydrogens is 334 g/mol. The highest BCUT2D eigenvalue weighted by Crippen LogP contribution is 2.29. The third-order valence-corrected chi connectivity index (χ3v) is 3.69. The van der Waals surface area contributed by atoms with E-state index in [2.05, 4.69) is 46.5 Å². The maximum Gasteiger partial charge on any atom is 0.252 e. The van der Waals surface area contributed by atoms with E-state index < -0.39 is 0 Å². The summed E-state index contributed by atoms with van der Waals surface area (Å²) in [6, 6.07) is 3.80. The van der Waals surface area contributed by atoms with E-state index in [9.17, 15) is 5.26 Å². The van der Waals surface area contributed by atoms with Crippen molar-refractivity contribution in [3.8, 4) is 12.0 Å². The molecule has 0 spiro atoms. The second-order valence-electron chi connectivity index (χ2n) is 5.54. The van der Waals surface area contributed by atoms with Crippen LogP contribution in [0, 0.1) is 32.1 Å². The Morgan fingerprint density at radius 1 is 1.04 bits per heavy atom. The molecule has 128 valence electrons. The van der Waals surface area contributed by atoms with Gasteiger partial charge < -0.3 is 4.98 Å². The summed E-state index contributed by atoms with van der Waals surface area (Å²) in [7, 11) is 0. The number of hydrogen-bond acceptors (Lipinski definition) is 8. The zero-order valence-electron chi connectivity index (χ0n) is 14.2. The number of aryl methyl sites for hydroxylation is 3. The molecular formula is C15H13N11. The molecule has 11 nitrogen and oxygen atoms in total. The molecule has 0 fully saturated rings. The Hall–Kier alpha value is -3.94. The molecule has 1 N–H and O–H groups in total. The van der Waals surface area contributed by atoms with Gasteiger partial charge in [0.2, 0.25) is 0 Å². The van der Waals surface area contributed by atoms with Crippen molar-refractivity contribution >= 4 is 17.2 Å². The summed E-state index contributed by atoms with van der Waals surface area (Å²) in [5.74, 6) is 1.27. The Morgan fingerprint density at radius 2 is 1.81 bits per heavy atom. The first-order valence-electron chi connectivity index (χ1n) is 7.69. The van der Waals surface area contributed by atoms with Gasteiger partial charge in [0.05, 0.1) is 11.4 Å². The van der Waals surface area contributed by atoms with Crippen molar-refractivity contribution in [1.29, 1.82) is 5.26 Å². The Balaban J connectivity index is 1.86. The van der Waals surface area contributed by atoms with Crippen LogP contribution in [0.5, 0.6) is 0 Å². The van der Waals surface area contributed by atoms with Crippen molar-refractivity contribution in [1.82, 2.24) is 39.6 Å². The van der Waals surface area contributed by atoms with Gasteiger partial charge in [0.15, 0.2) is 17.2 Å². The van der Waals surface area contributed by atoms with Crippen LogP contribution >= 0.6 is 0 Å². The van der Waals surface area contributed by atoms with E-state index in [0.29, 0.717) is 40.1 Å². The molecule has 4 aromatic heterocycles. The van der Waals surface area contributed by atoms with Gasteiger partial charge in [-0.15, -0.1) is 20.0 Å². The Labute approximate surface area is 147 Å². The van der Waals surface area contributed by atoms with Crippen LogP contribution in [0.3, 0.4) is 0 Å². The molecule has 0 radical (unpaired) electrons. The van der Waals surface area contributed by atoms with Crippen molar-refractivity contribution in [2.45, 2.75) is 20.8 Å². The first kappa shape index (κ1) is 15.6. The summed E-state index contributed by atoms with van der Waals surface area (Å²) in [5, 5.41) is 30.8. The second kappa shape index (κ2) is 5.85. The number of nitriles is 1. The summed E-state index contributed by atoms with van der Waals surface area (Å²) in [5.41, 5.74) is 2.64. The van der Waals surface area contributed by atoms with E-state index in [4.69, 9.17) is 0 Å². The normalized spacial score (nSPS) is 11.5. The summed E-state index contributed by atoms with van der Waals surface area (Å²) in [6.07, 6.45) is 3.18. The van der Waals surface area contributed by atoms with E-state index in [1.54, 1.807) is 32.3 Å².